The molecule has 0 aliphatic heterocycles. The Morgan fingerprint density at radius 3 is 1.92 bits per heavy atom. The number of hydrogen-bond donors (Lipinski definition) is 0. The molecule has 0 heterocycles. The van der Waals surface area contributed by atoms with Crippen LogP contribution in [0.5, 0.6) is 5.75 Å². The van der Waals surface area contributed by atoms with E-state index in [9.17, 15) is 0 Å². The molecule has 0 N–H and O–H groups in total. The van der Waals surface area contributed by atoms with Gasteiger partial charge >= 0.3 is 0 Å². The molecule has 0 amide bonds. The van der Waals surface area contributed by atoms with Gasteiger partial charge in [-0.2, -0.15) is 0 Å². The van der Waals surface area contributed by atoms with Gasteiger partial charge < -0.3 is 4.74 Å². The highest BCUT2D eigenvalue weighted by Gasteiger charge is 2.22. The van der Waals surface area contributed by atoms with Crippen molar-refractivity contribution < 1.29 is 4.74 Å². The van der Waals surface area contributed by atoms with E-state index in [-0.39, 0.29) is 10.8 Å². The van der Waals surface area contributed by atoms with Gasteiger partial charge in [0.2, 0.25) is 0 Å². The molecule has 1 nitrogen and oxygen atoms in total. The largest absolute Gasteiger partial charge is 0.488 e. The summed E-state index contributed by atoms with van der Waals surface area (Å²) in [6.45, 7) is 20.0. The van der Waals surface area contributed by atoms with Crippen LogP contribution in [-0.2, 0) is 10.8 Å². The van der Waals surface area contributed by atoms with Crippen LogP contribution in [-0.4, -0.2) is 6.61 Å². The molecule has 0 atom stereocenters. The minimum atomic E-state index is 0.0825. The Bertz CT molecular complexity index is 772. The third-order valence-electron chi connectivity index (χ3n) is 4.51. The lowest BCUT2D eigenvalue weighted by molar-refractivity contribution is 0.362. The summed E-state index contributed by atoms with van der Waals surface area (Å²) in [5.41, 5.74) is 6.37. The second kappa shape index (κ2) is 7.60. The molecule has 0 aliphatic carbocycles. The van der Waals surface area contributed by atoms with Crippen molar-refractivity contribution in [1.82, 2.24) is 0 Å². The maximum atomic E-state index is 6.01. The van der Waals surface area contributed by atoms with Gasteiger partial charge in [-0.1, -0.05) is 72.4 Å². The first kappa shape index (κ1) is 20.8. The molecule has 0 aliphatic rings. The summed E-state index contributed by atoms with van der Waals surface area (Å²) >= 11 is 3.68. The van der Waals surface area contributed by atoms with Gasteiger partial charge in [-0.05, 0) is 68.1 Å². The highest BCUT2D eigenvalue weighted by atomic mass is 79.9. The van der Waals surface area contributed by atoms with Crippen LogP contribution in [0.4, 0.5) is 0 Å². The summed E-state index contributed by atoms with van der Waals surface area (Å²) in [6, 6.07) is 11.3. The van der Waals surface area contributed by atoms with Crippen molar-refractivity contribution in [1.29, 1.82) is 0 Å². The second-order valence-corrected chi connectivity index (χ2v) is 9.88. The first-order valence-electron chi connectivity index (χ1n) is 9.14. The Morgan fingerprint density at radius 2 is 1.46 bits per heavy atom. The van der Waals surface area contributed by atoms with Crippen LogP contribution in [0.15, 0.2) is 47.5 Å². The van der Waals surface area contributed by atoms with E-state index in [2.05, 4.69) is 101 Å². The van der Waals surface area contributed by atoms with Crippen molar-refractivity contribution in [3.05, 3.63) is 64.1 Å². The highest BCUT2D eigenvalue weighted by molar-refractivity contribution is 9.10. The van der Waals surface area contributed by atoms with E-state index < -0.39 is 0 Å². The van der Waals surface area contributed by atoms with E-state index in [1.54, 1.807) is 6.08 Å². The molecule has 0 spiro atoms. The Morgan fingerprint density at radius 1 is 0.923 bits per heavy atom. The average molecular weight is 415 g/mol. The summed E-state index contributed by atoms with van der Waals surface area (Å²) in [6.07, 6.45) is 1.78. The lowest BCUT2D eigenvalue weighted by Crippen LogP contribution is -2.16. The number of ether oxygens (including phenoxy) is 1. The van der Waals surface area contributed by atoms with E-state index in [1.807, 2.05) is 0 Å². The second-order valence-electron chi connectivity index (χ2n) is 9.02. The van der Waals surface area contributed by atoms with E-state index in [1.165, 1.54) is 22.3 Å². The average Bonchev–Trinajstić information content (AvgIpc) is 2.51. The Kier molecular flexibility index (Phi) is 6.07. The van der Waals surface area contributed by atoms with Gasteiger partial charge in [-0.25, -0.2) is 0 Å². The predicted molar refractivity (Wildman–Crippen MR) is 117 cm³/mol. The van der Waals surface area contributed by atoms with Crippen LogP contribution in [0, 0.1) is 6.92 Å². The molecule has 0 saturated carbocycles. The number of halogens is 1. The molecule has 2 aromatic rings. The summed E-state index contributed by atoms with van der Waals surface area (Å²) < 4.78 is 6.99. The fraction of sp³-hybridized carbons (Fsp3) is 0.417. The lowest BCUT2D eigenvalue weighted by Gasteiger charge is -2.27. The topological polar surface area (TPSA) is 9.23 Å². The highest BCUT2D eigenvalue weighted by Crippen LogP contribution is 2.41. The van der Waals surface area contributed by atoms with Crippen LogP contribution in [0.2, 0.25) is 0 Å². The predicted octanol–water partition coefficient (Wildman–Crippen LogP) is 7.58. The zero-order chi connectivity index (χ0) is 19.7. The van der Waals surface area contributed by atoms with Crippen LogP contribution in [0.3, 0.4) is 0 Å². The third kappa shape index (κ3) is 4.79. The molecule has 2 rings (SSSR count). The van der Waals surface area contributed by atoms with Gasteiger partial charge in [0.1, 0.15) is 12.4 Å². The van der Waals surface area contributed by atoms with Crippen molar-refractivity contribution >= 4 is 15.9 Å². The maximum Gasteiger partial charge on any atom is 0.141 e. The van der Waals surface area contributed by atoms with Gasteiger partial charge in [0.15, 0.2) is 0 Å². The summed E-state index contributed by atoms with van der Waals surface area (Å²) in [7, 11) is 0. The Hall–Kier alpha value is -1.54. The molecule has 0 aromatic heterocycles. The van der Waals surface area contributed by atoms with Gasteiger partial charge in [0.05, 0.1) is 4.47 Å². The summed E-state index contributed by atoms with van der Waals surface area (Å²) in [5, 5.41) is 0. The number of aryl methyl sites for hydroxylation is 1. The molecule has 26 heavy (non-hydrogen) atoms. The van der Waals surface area contributed by atoms with Crippen LogP contribution < -0.4 is 4.74 Å². The van der Waals surface area contributed by atoms with Gasteiger partial charge in [-0.3, -0.25) is 0 Å². The van der Waals surface area contributed by atoms with E-state index >= 15 is 0 Å². The molecular formula is C24H31BrO. The van der Waals surface area contributed by atoms with Crippen molar-refractivity contribution in [2.24, 2.45) is 0 Å². The number of benzene rings is 2. The lowest BCUT2D eigenvalue weighted by atomic mass is 9.79. The fourth-order valence-corrected chi connectivity index (χ4v) is 3.57. The quantitative estimate of drug-likeness (QED) is 0.468. The van der Waals surface area contributed by atoms with Gasteiger partial charge in [0, 0.05) is 5.56 Å². The zero-order valence-corrected chi connectivity index (χ0v) is 18.8. The van der Waals surface area contributed by atoms with E-state index in [0.29, 0.717) is 6.61 Å². The molecular weight excluding hydrogens is 384 g/mol. The molecule has 0 unspecified atom stereocenters. The van der Waals surface area contributed by atoms with Crippen molar-refractivity contribution in [3.8, 4) is 16.9 Å². The first-order chi connectivity index (χ1) is 11.9. The monoisotopic (exact) mass is 414 g/mol. The number of rotatable bonds is 4. The van der Waals surface area contributed by atoms with E-state index in [0.717, 1.165) is 15.8 Å². The minimum absolute atomic E-state index is 0.0825. The summed E-state index contributed by atoms with van der Waals surface area (Å²) in [4.78, 5) is 0. The van der Waals surface area contributed by atoms with Crippen LogP contribution in [0.1, 0.15) is 58.2 Å². The molecule has 0 fully saturated rings. The molecule has 2 heteroatoms. The standard InChI is InChI=1S/C24H31BrO/c1-9-10-26-22-20(11-16(2)12-21(22)25)17-13-18(23(3,4)5)15-19(14-17)24(6,7)8/h9,11-15H,1,10H2,2-8H3. The van der Waals surface area contributed by atoms with Crippen LogP contribution in [0.25, 0.3) is 11.1 Å². The molecule has 0 radical (unpaired) electrons. The fourth-order valence-electron chi connectivity index (χ4n) is 2.88. The van der Waals surface area contributed by atoms with Gasteiger partial charge in [-0.15, -0.1) is 0 Å². The van der Waals surface area contributed by atoms with Crippen LogP contribution >= 0.6 is 15.9 Å². The van der Waals surface area contributed by atoms with Crippen molar-refractivity contribution in [2.45, 2.75) is 59.3 Å². The first-order valence-corrected chi connectivity index (χ1v) is 9.93. The normalized spacial score (nSPS) is 12.2. The zero-order valence-electron chi connectivity index (χ0n) is 17.2. The molecule has 140 valence electrons. The summed E-state index contributed by atoms with van der Waals surface area (Å²) in [5.74, 6) is 0.876. The maximum absolute atomic E-state index is 6.01. The Labute approximate surface area is 167 Å². The number of hydrogen-bond acceptors (Lipinski definition) is 1. The molecule has 0 bridgehead atoms. The third-order valence-corrected chi connectivity index (χ3v) is 5.10. The smallest absolute Gasteiger partial charge is 0.141 e. The van der Waals surface area contributed by atoms with Crippen molar-refractivity contribution in [2.75, 3.05) is 6.61 Å². The molecule has 0 saturated heterocycles. The van der Waals surface area contributed by atoms with E-state index in [4.69, 9.17) is 4.74 Å². The minimum Gasteiger partial charge on any atom is -0.488 e. The molecule has 2 aromatic carbocycles. The Balaban J connectivity index is 2.77. The van der Waals surface area contributed by atoms with Crippen molar-refractivity contribution in [3.63, 3.8) is 0 Å². The SMILES string of the molecule is C=CCOc1c(Br)cc(C)cc1-c1cc(C(C)(C)C)cc(C(C)(C)C)c1. The van der Waals surface area contributed by atoms with Gasteiger partial charge in [0.25, 0.3) is 0 Å².